The van der Waals surface area contributed by atoms with Crippen LogP contribution in [0.1, 0.15) is 48.9 Å². The lowest BCUT2D eigenvalue weighted by Crippen LogP contribution is -2.16. The van der Waals surface area contributed by atoms with Crippen molar-refractivity contribution in [3.05, 3.63) is 82.0 Å². The first-order valence-corrected chi connectivity index (χ1v) is 12.8. The summed E-state index contributed by atoms with van der Waals surface area (Å²) in [6, 6.07) is 24.1. The van der Waals surface area contributed by atoms with Crippen LogP contribution in [-0.2, 0) is 5.41 Å². The molecule has 5 rings (SSSR count). The van der Waals surface area contributed by atoms with Crippen LogP contribution in [0.5, 0.6) is 0 Å². The van der Waals surface area contributed by atoms with Gasteiger partial charge in [-0.05, 0) is 35.7 Å². The van der Waals surface area contributed by atoms with Crippen LogP contribution < -0.4 is 0 Å². The Bertz CT molecular complexity index is 1340. The zero-order valence-corrected chi connectivity index (χ0v) is 20.5. The van der Waals surface area contributed by atoms with Crippen LogP contribution in [0.25, 0.3) is 31.9 Å². The second-order valence-electron chi connectivity index (χ2n) is 8.63. The highest BCUT2D eigenvalue weighted by atomic mass is 32.1. The Morgan fingerprint density at radius 3 is 1.94 bits per heavy atom. The molecule has 0 saturated heterocycles. The van der Waals surface area contributed by atoms with Gasteiger partial charge in [0, 0.05) is 36.1 Å². The number of hydrogen-bond acceptors (Lipinski definition) is 5. The van der Waals surface area contributed by atoms with E-state index in [1.165, 1.54) is 47.9 Å². The standard InChI is InChI=1S/C26H24N2S3/c1-16(2)20-12-13-21(29-20)18-10-11-19(25-24(18)27-31-28-25)22-14-15-23(30-22)26(3,4)17-8-6-5-7-9-17/h5-16H,1-4H3. The van der Waals surface area contributed by atoms with Crippen LogP contribution >= 0.6 is 34.4 Å². The molecule has 0 spiro atoms. The molecule has 0 aliphatic heterocycles. The molecule has 0 amide bonds. The molecule has 0 atom stereocenters. The number of nitrogens with zero attached hydrogens (tertiary/aromatic N) is 2. The van der Waals surface area contributed by atoms with E-state index in [1.807, 2.05) is 22.7 Å². The average Bonchev–Trinajstić information content (AvgIpc) is 3.54. The van der Waals surface area contributed by atoms with Gasteiger partial charge in [-0.2, -0.15) is 8.75 Å². The fraction of sp³-hybridized carbons (Fsp3) is 0.231. The van der Waals surface area contributed by atoms with E-state index >= 15 is 0 Å². The predicted octanol–water partition coefficient (Wildman–Crippen LogP) is 8.60. The predicted molar refractivity (Wildman–Crippen MR) is 137 cm³/mol. The lowest BCUT2D eigenvalue weighted by molar-refractivity contribution is 0.656. The minimum absolute atomic E-state index is 0.0340. The molecule has 0 unspecified atom stereocenters. The van der Waals surface area contributed by atoms with Gasteiger partial charge in [0.25, 0.3) is 0 Å². The summed E-state index contributed by atoms with van der Waals surface area (Å²) in [5.41, 5.74) is 5.68. The van der Waals surface area contributed by atoms with Gasteiger partial charge < -0.3 is 0 Å². The molecule has 0 fully saturated rings. The van der Waals surface area contributed by atoms with Crippen molar-refractivity contribution < 1.29 is 0 Å². The molecule has 5 heteroatoms. The highest BCUT2D eigenvalue weighted by Gasteiger charge is 2.25. The molecule has 0 bridgehead atoms. The van der Waals surface area contributed by atoms with E-state index < -0.39 is 0 Å². The summed E-state index contributed by atoms with van der Waals surface area (Å²) in [7, 11) is 0. The van der Waals surface area contributed by atoms with Crippen molar-refractivity contribution >= 4 is 45.4 Å². The summed E-state index contributed by atoms with van der Waals surface area (Å²) in [6.07, 6.45) is 0. The Morgan fingerprint density at radius 1 is 0.710 bits per heavy atom. The van der Waals surface area contributed by atoms with Crippen LogP contribution in [-0.4, -0.2) is 8.75 Å². The molecular formula is C26H24N2S3. The molecule has 3 heterocycles. The molecule has 0 saturated carbocycles. The molecule has 3 aromatic heterocycles. The third kappa shape index (κ3) is 3.65. The first kappa shape index (κ1) is 20.6. The van der Waals surface area contributed by atoms with Crippen molar-refractivity contribution in [3.8, 4) is 20.9 Å². The molecule has 0 radical (unpaired) electrons. The SMILES string of the molecule is CC(C)c1ccc(-c2ccc(-c3ccc(C(C)(C)c4ccccc4)s3)c3nsnc23)s1. The summed E-state index contributed by atoms with van der Waals surface area (Å²) < 4.78 is 9.37. The number of benzene rings is 2. The largest absolute Gasteiger partial charge is 0.172 e. The lowest BCUT2D eigenvalue weighted by atomic mass is 9.83. The van der Waals surface area contributed by atoms with E-state index in [1.54, 1.807) is 0 Å². The van der Waals surface area contributed by atoms with Gasteiger partial charge >= 0.3 is 0 Å². The van der Waals surface area contributed by atoms with Crippen LogP contribution in [0.3, 0.4) is 0 Å². The van der Waals surface area contributed by atoms with Gasteiger partial charge in [-0.3, -0.25) is 0 Å². The molecule has 0 aliphatic rings. The monoisotopic (exact) mass is 460 g/mol. The minimum atomic E-state index is -0.0340. The first-order chi connectivity index (χ1) is 14.9. The van der Waals surface area contributed by atoms with Crippen molar-refractivity contribution in [1.82, 2.24) is 8.75 Å². The molecule has 156 valence electrons. The Labute approximate surface area is 195 Å². The molecule has 0 aliphatic carbocycles. The smallest absolute Gasteiger partial charge is 0.114 e. The third-order valence-electron chi connectivity index (χ3n) is 5.86. The summed E-state index contributed by atoms with van der Waals surface area (Å²) >= 11 is 5.02. The molecular weight excluding hydrogens is 437 g/mol. The molecule has 31 heavy (non-hydrogen) atoms. The van der Waals surface area contributed by atoms with Crippen LogP contribution in [0.15, 0.2) is 66.7 Å². The Morgan fingerprint density at radius 2 is 1.32 bits per heavy atom. The maximum atomic E-state index is 4.69. The first-order valence-electron chi connectivity index (χ1n) is 10.5. The number of thiophene rings is 2. The second-order valence-corrected chi connectivity index (χ2v) is 11.4. The van der Waals surface area contributed by atoms with Gasteiger partial charge in [-0.1, -0.05) is 70.2 Å². The van der Waals surface area contributed by atoms with E-state index in [0.717, 1.165) is 11.0 Å². The Hall–Kier alpha value is -2.34. The van der Waals surface area contributed by atoms with Gasteiger partial charge in [-0.25, -0.2) is 0 Å². The number of hydrogen-bond donors (Lipinski definition) is 0. The summed E-state index contributed by atoms with van der Waals surface area (Å²) in [5, 5.41) is 0. The van der Waals surface area contributed by atoms with E-state index in [9.17, 15) is 0 Å². The number of aromatic nitrogens is 2. The molecule has 0 N–H and O–H groups in total. The third-order valence-corrected chi connectivity index (χ3v) is 9.25. The molecule has 5 aromatic rings. The summed E-state index contributed by atoms with van der Waals surface area (Å²) in [5.74, 6) is 0.541. The quantitative estimate of drug-likeness (QED) is 0.262. The van der Waals surface area contributed by atoms with E-state index in [0.29, 0.717) is 5.92 Å². The van der Waals surface area contributed by atoms with E-state index in [2.05, 4.69) is 98.8 Å². The fourth-order valence-corrected chi connectivity index (χ4v) is 6.65. The number of fused-ring (bicyclic) bond motifs is 1. The maximum absolute atomic E-state index is 4.69. The highest BCUT2D eigenvalue weighted by Crippen LogP contribution is 2.43. The fourth-order valence-electron chi connectivity index (χ4n) is 3.89. The van der Waals surface area contributed by atoms with Crippen molar-refractivity contribution in [1.29, 1.82) is 0 Å². The van der Waals surface area contributed by atoms with Gasteiger partial charge in [0.15, 0.2) is 0 Å². The topological polar surface area (TPSA) is 25.8 Å². The van der Waals surface area contributed by atoms with Gasteiger partial charge in [-0.15, -0.1) is 22.7 Å². The molecule has 2 nitrogen and oxygen atoms in total. The van der Waals surface area contributed by atoms with E-state index in [-0.39, 0.29) is 5.41 Å². The van der Waals surface area contributed by atoms with Crippen LogP contribution in [0.4, 0.5) is 0 Å². The van der Waals surface area contributed by atoms with Crippen molar-refractivity contribution in [2.45, 2.75) is 39.0 Å². The Kier molecular flexibility index (Phi) is 5.29. The van der Waals surface area contributed by atoms with Crippen molar-refractivity contribution in [3.63, 3.8) is 0 Å². The maximum Gasteiger partial charge on any atom is 0.114 e. The van der Waals surface area contributed by atoms with Crippen molar-refractivity contribution in [2.24, 2.45) is 0 Å². The zero-order valence-electron chi connectivity index (χ0n) is 18.0. The van der Waals surface area contributed by atoms with Crippen LogP contribution in [0.2, 0.25) is 0 Å². The average molecular weight is 461 g/mol. The lowest BCUT2D eigenvalue weighted by Gasteiger charge is -2.23. The van der Waals surface area contributed by atoms with Crippen molar-refractivity contribution in [2.75, 3.05) is 0 Å². The van der Waals surface area contributed by atoms with Gasteiger partial charge in [0.2, 0.25) is 0 Å². The number of rotatable bonds is 5. The second kappa shape index (κ2) is 7.97. The van der Waals surface area contributed by atoms with Crippen LogP contribution in [0, 0.1) is 0 Å². The minimum Gasteiger partial charge on any atom is -0.172 e. The van der Waals surface area contributed by atoms with Gasteiger partial charge in [0.1, 0.15) is 11.0 Å². The normalized spacial score (nSPS) is 12.2. The van der Waals surface area contributed by atoms with Gasteiger partial charge in [0.05, 0.1) is 11.7 Å². The zero-order chi connectivity index (χ0) is 21.6. The Balaban J connectivity index is 1.56. The van der Waals surface area contributed by atoms with E-state index in [4.69, 9.17) is 4.37 Å². The summed E-state index contributed by atoms with van der Waals surface area (Å²) in [4.78, 5) is 5.28. The molecule has 2 aromatic carbocycles. The summed E-state index contributed by atoms with van der Waals surface area (Å²) in [6.45, 7) is 9.07. The highest BCUT2D eigenvalue weighted by molar-refractivity contribution is 7.16.